The van der Waals surface area contributed by atoms with E-state index in [9.17, 15) is 4.79 Å². The van der Waals surface area contributed by atoms with Crippen molar-refractivity contribution in [3.8, 4) is 0 Å². The van der Waals surface area contributed by atoms with E-state index < -0.39 is 0 Å². The van der Waals surface area contributed by atoms with Gasteiger partial charge in [-0.1, -0.05) is 54.1 Å². The van der Waals surface area contributed by atoms with Crippen LogP contribution in [0.2, 0.25) is 5.02 Å². The van der Waals surface area contributed by atoms with Crippen molar-refractivity contribution >= 4 is 39.9 Å². The molecule has 5 aromatic rings. The lowest BCUT2D eigenvalue weighted by atomic mass is 10.1. The Hall–Kier alpha value is -3.77. The van der Waals surface area contributed by atoms with Crippen LogP contribution in [0.1, 0.15) is 21.6 Å². The highest BCUT2D eigenvalue weighted by Gasteiger charge is 2.21. The fourth-order valence-electron chi connectivity index (χ4n) is 3.69. The number of carbonyl (C=O) groups excluding carboxylic acids is 1. The first-order chi connectivity index (χ1) is 15.1. The number of aromatic nitrogens is 4. The van der Waals surface area contributed by atoms with Gasteiger partial charge in [0.15, 0.2) is 5.65 Å². The molecule has 0 N–H and O–H groups in total. The van der Waals surface area contributed by atoms with E-state index >= 15 is 0 Å². The molecule has 152 valence electrons. The van der Waals surface area contributed by atoms with E-state index in [2.05, 4.69) is 15.2 Å². The van der Waals surface area contributed by atoms with E-state index in [1.807, 2.05) is 72.0 Å². The highest BCUT2D eigenvalue weighted by molar-refractivity contribution is 6.34. The van der Waals surface area contributed by atoms with Crippen LogP contribution in [0.15, 0.2) is 79.1 Å². The first kappa shape index (κ1) is 19.2. The number of halogens is 1. The van der Waals surface area contributed by atoms with Crippen molar-refractivity contribution < 1.29 is 4.79 Å². The lowest BCUT2D eigenvalue weighted by molar-refractivity contribution is 0.0985. The van der Waals surface area contributed by atoms with Crippen LogP contribution in [-0.4, -0.2) is 25.5 Å². The summed E-state index contributed by atoms with van der Waals surface area (Å²) in [6.45, 7) is 2.29. The highest BCUT2D eigenvalue weighted by Crippen LogP contribution is 2.29. The van der Waals surface area contributed by atoms with Crippen LogP contribution in [0, 0.1) is 6.92 Å². The average molecular weight is 428 g/mol. The number of carbonyl (C=O) groups is 1. The second kappa shape index (κ2) is 7.81. The summed E-state index contributed by atoms with van der Waals surface area (Å²) in [5.74, 6) is -0.152. The molecule has 0 bridgehead atoms. The summed E-state index contributed by atoms with van der Waals surface area (Å²) in [7, 11) is 0. The van der Waals surface area contributed by atoms with Crippen molar-refractivity contribution in [1.29, 1.82) is 0 Å². The zero-order valence-corrected chi connectivity index (χ0v) is 17.5. The largest absolute Gasteiger partial charge is 0.302 e. The molecule has 0 unspecified atom stereocenters. The molecule has 0 spiro atoms. The number of aryl methyl sites for hydroxylation is 1. The van der Waals surface area contributed by atoms with E-state index in [0.717, 1.165) is 22.3 Å². The van der Waals surface area contributed by atoms with Crippen LogP contribution < -0.4 is 4.90 Å². The number of benzene rings is 3. The minimum absolute atomic E-state index is 0.152. The topological polar surface area (TPSA) is 63.4 Å². The Kier molecular flexibility index (Phi) is 4.84. The molecule has 3 aromatic carbocycles. The van der Waals surface area contributed by atoms with E-state index in [0.29, 0.717) is 28.5 Å². The van der Waals surface area contributed by atoms with Crippen LogP contribution >= 0.6 is 11.6 Å². The molecule has 0 atom stereocenters. The number of amides is 1. The Morgan fingerprint density at radius 3 is 2.61 bits per heavy atom. The van der Waals surface area contributed by atoms with Gasteiger partial charge < -0.3 is 4.90 Å². The maximum atomic E-state index is 13.7. The zero-order chi connectivity index (χ0) is 21.4. The minimum atomic E-state index is -0.152. The van der Waals surface area contributed by atoms with Crippen LogP contribution in [0.5, 0.6) is 0 Å². The molecular formula is C24H18ClN5O. The molecule has 1 amide bonds. The summed E-state index contributed by atoms with van der Waals surface area (Å²) < 4.78 is 1.85. The zero-order valence-electron chi connectivity index (χ0n) is 16.7. The number of anilines is 1. The first-order valence-electron chi connectivity index (χ1n) is 9.82. The van der Waals surface area contributed by atoms with Gasteiger partial charge in [0.05, 0.1) is 34.0 Å². The van der Waals surface area contributed by atoms with Gasteiger partial charge in [-0.25, -0.2) is 4.98 Å². The number of para-hydroxylation sites is 1. The molecule has 7 heteroatoms. The van der Waals surface area contributed by atoms with Gasteiger partial charge in [-0.05, 0) is 42.8 Å². The second-order valence-corrected chi connectivity index (χ2v) is 7.66. The lowest BCUT2D eigenvalue weighted by Crippen LogP contribution is -2.30. The van der Waals surface area contributed by atoms with Crippen molar-refractivity contribution in [2.75, 3.05) is 4.90 Å². The fraction of sp³-hybridized carbons (Fsp3) is 0.0833. The molecule has 2 aromatic heterocycles. The molecule has 0 aliphatic rings. The number of nitrogens with zero attached hydrogens (tertiary/aromatic N) is 5. The maximum absolute atomic E-state index is 13.7. The number of hydrogen-bond donors (Lipinski definition) is 0. The number of rotatable bonds is 4. The first-order valence-corrected chi connectivity index (χ1v) is 10.2. The molecule has 5 rings (SSSR count). The number of fused-ring (bicyclic) bond motifs is 3. The Balaban J connectivity index is 1.62. The van der Waals surface area contributed by atoms with Crippen LogP contribution in [0.25, 0.3) is 16.7 Å². The van der Waals surface area contributed by atoms with Crippen molar-refractivity contribution in [1.82, 2.24) is 19.6 Å². The van der Waals surface area contributed by atoms with Crippen LogP contribution in [-0.2, 0) is 6.54 Å². The normalized spacial score (nSPS) is 11.2. The molecule has 0 aliphatic heterocycles. The number of hydrogen-bond acceptors (Lipinski definition) is 4. The van der Waals surface area contributed by atoms with Gasteiger partial charge in [0.2, 0.25) is 0 Å². The quantitative estimate of drug-likeness (QED) is 0.401. The predicted octanol–water partition coefficient (Wildman–Crippen LogP) is 5.09. The van der Waals surface area contributed by atoms with Crippen LogP contribution in [0.4, 0.5) is 5.69 Å². The Bertz CT molecular complexity index is 1410. The lowest BCUT2D eigenvalue weighted by Gasteiger charge is -2.24. The third kappa shape index (κ3) is 3.51. The monoisotopic (exact) mass is 427 g/mol. The van der Waals surface area contributed by atoms with E-state index in [1.54, 1.807) is 23.4 Å². The molecule has 6 nitrogen and oxygen atoms in total. The van der Waals surface area contributed by atoms with E-state index in [1.165, 1.54) is 0 Å². The molecule has 0 saturated heterocycles. The fourth-order valence-corrected chi connectivity index (χ4v) is 3.93. The average Bonchev–Trinajstić information content (AvgIpc) is 3.29. The predicted molar refractivity (Wildman–Crippen MR) is 121 cm³/mol. The third-order valence-electron chi connectivity index (χ3n) is 5.21. The summed E-state index contributed by atoms with van der Waals surface area (Å²) in [4.78, 5) is 20.0. The van der Waals surface area contributed by atoms with Gasteiger partial charge in [-0.15, -0.1) is 10.2 Å². The summed E-state index contributed by atoms with van der Waals surface area (Å²) in [6.07, 6.45) is 1.64. The SMILES string of the molecule is Cc1nc2ccc(C(=O)N(Cc3ccccc3)c3ccccc3Cl)cc2n2cnnc12. The Labute approximate surface area is 183 Å². The smallest absolute Gasteiger partial charge is 0.258 e. The maximum Gasteiger partial charge on any atom is 0.258 e. The van der Waals surface area contributed by atoms with Gasteiger partial charge in [0.25, 0.3) is 5.91 Å². The standard InChI is InChI=1S/C24H18ClN5O/c1-16-23-28-26-15-30(23)22-13-18(11-12-20(22)27-16)24(31)29(14-17-7-3-2-4-8-17)21-10-6-5-9-19(21)25/h2-13,15H,14H2,1H3. The second-order valence-electron chi connectivity index (χ2n) is 7.25. The van der Waals surface area contributed by atoms with Crippen LogP contribution in [0.3, 0.4) is 0 Å². The third-order valence-corrected chi connectivity index (χ3v) is 5.53. The Morgan fingerprint density at radius 1 is 1.03 bits per heavy atom. The molecule has 0 aliphatic carbocycles. The van der Waals surface area contributed by atoms with Gasteiger partial charge in [-0.2, -0.15) is 0 Å². The van der Waals surface area contributed by atoms with Crippen molar-refractivity contribution in [2.45, 2.75) is 13.5 Å². The van der Waals surface area contributed by atoms with Crippen molar-refractivity contribution in [3.63, 3.8) is 0 Å². The Morgan fingerprint density at radius 2 is 1.81 bits per heavy atom. The van der Waals surface area contributed by atoms with Gasteiger partial charge in [-0.3, -0.25) is 9.20 Å². The summed E-state index contributed by atoms with van der Waals surface area (Å²) in [5.41, 5.74) is 5.20. The van der Waals surface area contributed by atoms with Crippen molar-refractivity contribution in [3.05, 3.63) is 101 Å². The highest BCUT2D eigenvalue weighted by atomic mass is 35.5. The molecule has 0 saturated carbocycles. The summed E-state index contributed by atoms with van der Waals surface area (Å²) in [6, 6.07) is 22.7. The van der Waals surface area contributed by atoms with Gasteiger partial charge >= 0.3 is 0 Å². The molecule has 0 radical (unpaired) electrons. The molecule has 0 fully saturated rings. The molecule has 2 heterocycles. The van der Waals surface area contributed by atoms with E-state index in [-0.39, 0.29) is 5.91 Å². The minimum Gasteiger partial charge on any atom is -0.302 e. The van der Waals surface area contributed by atoms with E-state index in [4.69, 9.17) is 11.6 Å². The van der Waals surface area contributed by atoms with Gasteiger partial charge in [0.1, 0.15) is 6.33 Å². The summed E-state index contributed by atoms with van der Waals surface area (Å²) >= 11 is 6.47. The van der Waals surface area contributed by atoms with Crippen molar-refractivity contribution in [2.24, 2.45) is 0 Å². The molecule has 31 heavy (non-hydrogen) atoms. The summed E-state index contributed by atoms with van der Waals surface area (Å²) in [5, 5.41) is 8.65. The molecular weight excluding hydrogens is 410 g/mol. The van der Waals surface area contributed by atoms with Gasteiger partial charge in [0, 0.05) is 5.56 Å².